The summed E-state index contributed by atoms with van der Waals surface area (Å²) in [4.78, 5) is 15.4. The summed E-state index contributed by atoms with van der Waals surface area (Å²) >= 11 is 5.17. The fourth-order valence-corrected chi connectivity index (χ4v) is 2.43. The van der Waals surface area contributed by atoms with E-state index in [1.165, 1.54) is 13.3 Å². The number of ether oxygens (including phenoxy) is 1. The van der Waals surface area contributed by atoms with E-state index in [9.17, 15) is 9.90 Å². The Balaban J connectivity index is 2.12. The van der Waals surface area contributed by atoms with Crippen molar-refractivity contribution in [3.63, 3.8) is 0 Å². The lowest BCUT2D eigenvalue weighted by Crippen LogP contribution is -2.18. The van der Waals surface area contributed by atoms with Crippen molar-refractivity contribution in [1.29, 1.82) is 0 Å². The van der Waals surface area contributed by atoms with Crippen LogP contribution in [0.5, 0.6) is 11.5 Å². The van der Waals surface area contributed by atoms with E-state index < -0.39 is 0 Å². The van der Waals surface area contributed by atoms with Gasteiger partial charge in [0.2, 0.25) is 4.77 Å². The maximum atomic E-state index is 12.5. The first-order valence-electron chi connectivity index (χ1n) is 6.76. The van der Waals surface area contributed by atoms with E-state index >= 15 is 0 Å². The molecule has 0 spiro atoms. The Hall–Kier alpha value is -2.93. The maximum Gasteiger partial charge on any atom is 0.282 e. The van der Waals surface area contributed by atoms with Crippen LogP contribution in [-0.4, -0.2) is 28.1 Å². The third-order valence-electron chi connectivity index (χ3n) is 3.35. The summed E-state index contributed by atoms with van der Waals surface area (Å²) in [6, 6.07) is 12.0. The molecule has 6 nitrogen and oxygen atoms in total. The molecule has 3 aromatic rings. The fraction of sp³-hybridized carbons (Fsp3) is 0.0625. The molecule has 3 rings (SSSR count). The molecule has 7 heteroatoms. The third-order valence-corrected chi connectivity index (χ3v) is 3.62. The summed E-state index contributed by atoms with van der Waals surface area (Å²) in [5.74, 6) is 0.271. The highest BCUT2D eigenvalue weighted by Crippen LogP contribution is 2.27. The number of phenols is 1. The largest absolute Gasteiger partial charge is 0.504 e. The Morgan fingerprint density at radius 3 is 2.83 bits per heavy atom. The van der Waals surface area contributed by atoms with Crippen molar-refractivity contribution in [2.45, 2.75) is 0 Å². The van der Waals surface area contributed by atoms with Gasteiger partial charge in [0.15, 0.2) is 11.5 Å². The number of hydrogen-bond acceptors (Lipinski definition) is 5. The van der Waals surface area contributed by atoms with Crippen LogP contribution < -0.4 is 10.3 Å². The number of methoxy groups -OCH3 is 1. The highest BCUT2D eigenvalue weighted by Gasteiger charge is 2.06. The number of fused-ring (bicyclic) bond motifs is 1. The van der Waals surface area contributed by atoms with Crippen molar-refractivity contribution >= 4 is 29.3 Å². The van der Waals surface area contributed by atoms with E-state index in [1.807, 2.05) is 6.07 Å². The zero-order valence-electron chi connectivity index (χ0n) is 12.2. The van der Waals surface area contributed by atoms with Gasteiger partial charge in [0.25, 0.3) is 5.56 Å². The normalized spacial score (nSPS) is 11.2. The van der Waals surface area contributed by atoms with Gasteiger partial charge in [0.1, 0.15) is 0 Å². The van der Waals surface area contributed by atoms with Gasteiger partial charge in [-0.3, -0.25) is 4.79 Å². The molecule has 0 unspecified atom stereocenters. The van der Waals surface area contributed by atoms with Gasteiger partial charge in [0.05, 0.1) is 24.2 Å². The molecule has 0 fully saturated rings. The van der Waals surface area contributed by atoms with E-state index in [4.69, 9.17) is 17.0 Å². The van der Waals surface area contributed by atoms with Crippen molar-refractivity contribution in [2.24, 2.45) is 5.10 Å². The second kappa shape index (κ2) is 6.05. The minimum absolute atomic E-state index is 0.0533. The van der Waals surface area contributed by atoms with E-state index in [2.05, 4.69) is 10.1 Å². The first-order valence-corrected chi connectivity index (χ1v) is 7.17. The summed E-state index contributed by atoms with van der Waals surface area (Å²) in [5, 5.41) is 14.6. The summed E-state index contributed by atoms with van der Waals surface area (Å²) in [7, 11) is 1.46. The van der Waals surface area contributed by atoms with Crippen LogP contribution in [0.3, 0.4) is 0 Å². The molecule has 0 amide bonds. The molecular weight excluding hydrogens is 314 g/mol. The molecule has 2 aromatic carbocycles. The van der Waals surface area contributed by atoms with Crippen molar-refractivity contribution in [2.75, 3.05) is 7.11 Å². The lowest BCUT2D eigenvalue weighted by molar-refractivity contribution is 0.373. The van der Waals surface area contributed by atoms with Crippen molar-refractivity contribution in [3.8, 4) is 11.5 Å². The molecule has 0 saturated heterocycles. The quantitative estimate of drug-likeness (QED) is 0.572. The van der Waals surface area contributed by atoms with Crippen LogP contribution in [0.2, 0.25) is 0 Å². The Kier molecular flexibility index (Phi) is 3.94. The Labute approximate surface area is 136 Å². The highest BCUT2D eigenvalue weighted by molar-refractivity contribution is 7.71. The van der Waals surface area contributed by atoms with Crippen LogP contribution in [0.15, 0.2) is 52.4 Å². The summed E-state index contributed by atoms with van der Waals surface area (Å²) in [5.41, 5.74) is 0.736. The summed E-state index contributed by atoms with van der Waals surface area (Å²) in [6.07, 6.45) is 1.36. The molecule has 2 N–H and O–H groups in total. The van der Waals surface area contributed by atoms with Gasteiger partial charge in [-0.1, -0.05) is 18.2 Å². The number of aromatic amines is 1. The van der Waals surface area contributed by atoms with Crippen LogP contribution in [0, 0.1) is 4.77 Å². The Morgan fingerprint density at radius 1 is 1.26 bits per heavy atom. The number of benzene rings is 2. The average molecular weight is 327 g/mol. The van der Waals surface area contributed by atoms with Crippen LogP contribution in [0.4, 0.5) is 0 Å². The molecule has 0 saturated carbocycles. The highest BCUT2D eigenvalue weighted by atomic mass is 32.1. The minimum Gasteiger partial charge on any atom is -0.504 e. The molecule has 0 aliphatic carbocycles. The van der Waals surface area contributed by atoms with E-state index in [0.717, 1.165) is 4.68 Å². The minimum atomic E-state index is -0.331. The lowest BCUT2D eigenvalue weighted by Gasteiger charge is -2.05. The number of nitrogens with zero attached hydrogens (tertiary/aromatic N) is 2. The number of H-pyrrole nitrogens is 1. The molecule has 0 radical (unpaired) electrons. The molecule has 23 heavy (non-hydrogen) atoms. The molecule has 0 atom stereocenters. The predicted molar refractivity (Wildman–Crippen MR) is 91.0 cm³/mol. The zero-order chi connectivity index (χ0) is 16.4. The number of para-hydroxylation sites is 2. The number of phenolic OH excluding ortho intramolecular Hbond substituents is 1. The van der Waals surface area contributed by atoms with E-state index in [-0.39, 0.29) is 16.1 Å². The van der Waals surface area contributed by atoms with Gasteiger partial charge in [0, 0.05) is 5.56 Å². The van der Waals surface area contributed by atoms with Gasteiger partial charge < -0.3 is 14.8 Å². The van der Waals surface area contributed by atoms with Crippen LogP contribution in [0.1, 0.15) is 5.56 Å². The van der Waals surface area contributed by atoms with Gasteiger partial charge in [-0.15, -0.1) is 0 Å². The monoisotopic (exact) mass is 327 g/mol. The molecule has 0 aliphatic rings. The second-order valence-electron chi connectivity index (χ2n) is 4.74. The average Bonchev–Trinajstić information content (AvgIpc) is 2.56. The van der Waals surface area contributed by atoms with Crippen molar-refractivity contribution in [3.05, 3.63) is 63.2 Å². The molecule has 116 valence electrons. The maximum absolute atomic E-state index is 12.5. The molecule has 0 aliphatic heterocycles. The number of aromatic nitrogens is 2. The van der Waals surface area contributed by atoms with Gasteiger partial charge in [-0.05, 0) is 36.5 Å². The van der Waals surface area contributed by atoms with Crippen molar-refractivity contribution < 1.29 is 9.84 Å². The number of nitrogens with one attached hydrogen (secondary N) is 1. The van der Waals surface area contributed by atoms with Gasteiger partial charge >= 0.3 is 0 Å². The van der Waals surface area contributed by atoms with E-state index in [1.54, 1.807) is 36.4 Å². The smallest absolute Gasteiger partial charge is 0.282 e. The van der Waals surface area contributed by atoms with Crippen LogP contribution >= 0.6 is 12.2 Å². The van der Waals surface area contributed by atoms with Crippen molar-refractivity contribution in [1.82, 2.24) is 9.66 Å². The molecule has 0 bridgehead atoms. The van der Waals surface area contributed by atoms with E-state index in [0.29, 0.717) is 22.2 Å². The number of rotatable bonds is 3. The number of aromatic hydroxyl groups is 1. The molecular formula is C16H13N3O3S. The Morgan fingerprint density at radius 2 is 2.04 bits per heavy atom. The standard InChI is InChI=1S/C16H13N3O3S/c1-22-13-8-4-5-10(14(13)20)9-17-19-15(21)11-6-2-3-7-12(11)18-16(19)23/h2-9,20H,1H3,(H,18,23)/b17-9+. The van der Waals surface area contributed by atoms with Gasteiger partial charge in [-0.2, -0.15) is 9.78 Å². The molecule has 1 heterocycles. The van der Waals surface area contributed by atoms with Crippen LogP contribution in [-0.2, 0) is 0 Å². The molecule has 1 aromatic heterocycles. The summed E-state index contributed by atoms with van der Waals surface area (Å²) < 4.78 is 6.29. The van der Waals surface area contributed by atoms with Crippen LogP contribution in [0.25, 0.3) is 10.9 Å². The lowest BCUT2D eigenvalue weighted by atomic mass is 10.2. The first kappa shape index (κ1) is 15.0. The Bertz CT molecular complexity index is 1020. The first-order chi connectivity index (χ1) is 11.1. The van der Waals surface area contributed by atoms with Gasteiger partial charge in [-0.25, -0.2) is 0 Å². The fourth-order valence-electron chi connectivity index (χ4n) is 2.19. The second-order valence-corrected chi connectivity index (χ2v) is 5.12. The predicted octanol–water partition coefficient (Wildman–Crippen LogP) is 2.66. The number of hydrogen-bond donors (Lipinski definition) is 2. The zero-order valence-corrected chi connectivity index (χ0v) is 13.0. The topological polar surface area (TPSA) is 79.6 Å². The summed E-state index contributed by atoms with van der Waals surface area (Å²) in [6.45, 7) is 0. The third kappa shape index (κ3) is 2.74. The SMILES string of the molecule is COc1cccc(/C=N/n2c(=S)[nH]c3ccccc3c2=O)c1O.